The maximum absolute atomic E-state index is 12.1. The Balaban J connectivity index is 1.77. The number of thiocarbonyl (C=S) groups is 1. The van der Waals surface area contributed by atoms with Gasteiger partial charge in [-0.2, -0.15) is 0 Å². The zero-order valence-corrected chi connectivity index (χ0v) is 18.2. The molecule has 9 heteroatoms. The molecule has 0 aliphatic rings. The van der Waals surface area contributed by atoms with Crippen LogP contribution in [0.15, 0.2) is 46.9 Å². The van der Waals surface area contributed by atoms with Gasteiger partial charge in [-0.1, -0.05) is 18.2 Å². The highest BCUT2D eigenvalue weighted by atomic mass is 127. The van der Waals surface area contributed by atoms with Crippen LogP contribution in [-0.4, -0.2) is 23.5 Å². The molecule has 0 saturated heterocycles. The van der Waals surface area contributed by atoms with Crippen LogP contribution in [-0.2, 0) is 4.79 Å². The Morgan fingerprint density at radius 2 is 1.92 bits per heavy atom. The molecule has 0 aliphatic carbocycles. The number of rotatable bonds is 4. The smallest absolute Gasteiger partial charge is 0.270 e. The zero-order chi connectivity index (χ0) is 19.1. The number of hydrogen-bond acceptors (Lipinski definition) is 4. The number of hydrazine groups is 1. The van der Waals surface area contributed by atoms with Gasteiger partial charge in [0, 0.05) is 3.57 Å². The minimum absolute atomic E-state index is 0.0270. The third-order valence-electron chi connectivity index (χ3n) is 3.11. The van der Waals surface area contributed by atoms with Crippen molar-refractivity contribution < 1.29 is 14.3 Å². The SMILES string of the molecule is Cc1ccc(OCC(=O)NC(=S)NNC(=O)c2ccccc2I)c(Br)c1. The van der Waals surface area contributed by atoms with E-state index in [2.05, 4.69) is 54.7 Å². The van der Waals surface area contributed by atoms with E-state index in [1.807, 2.05) is 31.2 Å². The molecule has 2 amide bonds. The second-order valence-corrected chi connectivity index (χ2v) is 7.58. The van der Waals surface area contributed by atoms with Crippen LogP contribution in [0.4, 0.5) is 0 Å². The summed E-state index contributed by atoms with van der Waals surface area (Å²) in [4.78, 5) is 23.9. The maximum atomic E-state index is 12.1. The molecule has 0 fully saturated rings. The van der Waals surface area contributed by atoms with Gasteiger partial charge in [-0.05, 0) is 87.5 Å². The molecule has 0 radical (unpaired) electrons. The fourth-order valence-electron chi connectivity index (χ4n) is 1.89. The molecule has 2 aromatic carbocycles. The van der Waals surface area contributed by atoms with Gasteiger partial charge in [0.2, 0.25) is 0 Å². The van der Waals surface area contributed by atoms with Crippen molar-refractivity contribution in [2.75, 3.05) is 6.61 Å². The Kier molecular flexibility index (Phi) is 7.79. The van der Waals surface area contributed by atoms with Gasteiger partial charge in [0.05, 0.1) is 10.0 Å². The molecule has 0 atom stereocenters. The van der Waals surface area contributed by atoms with Crippen molar-refractivity contribution in [2.24, 2.45) is 0 Å². The minimum Gasteiger partial charge on any atom is -0.483 e. The van der Waals surface area contributed by atoms with E-state index in [4.69, 9.17) is 17.0 Å². The number of hydrogen-bond donors (Lipinski definition) is 3. The number of ether oxygens (including phenoxy) is 1. The maximum Gasteiger partial charge on any atom is 0.270 e. The van der Waals surface area contributed by atoms with Crippen LogP contribution >= 0.6 is 50.7 Å². The lowest BCUT2D eigenvalue weighted by Gasteiger charge is -2.12. The number of benzene rings is 2. The van der Waals surface area contributed by atoms with Gasteiger partial charge in [0.1, 0.15) is 5.75 Å². The summed E-state index contributed by atoms with van der Waals surface area (Å²) in [6.07, 6.45) is 0. The summed E-state index contributed by atoms with van der Waals surface area (Å²) >= 11 is 10.4. The molecule has 0 aromatic heterocycles. The molecule has 136 valence electrons. The highest BCUT2D eigenvalue weighted by molar-refractivity contribution is 14.1. The normalized spacial score (nSPS) is 9.96. The molecule has 2 aromatic rings. The summed E-state index contributed by atoms with van der Waals surface area (Å²) in [6.45, 7) is 1.74. The van der Waals surface area contributed by atoms with Crippen molar-refractivity contribution in [2.45, 2.75) is 6.92 Å². The average Bonchev–Trinajstić information content (AvgIpc) is 2.59. The van der Waals surface area contributed by atoms with E-state index in [1.54, 1.807) is 18.2 Å². The van der Waals surface area contributed by atoms with Gasteiger partial charge >= 0.3 is 0 Å². The Morgan fingerprint density at radius 1 is 1.19 bits per heavy atom. The highest BCUT2D eigenvalue weighted by Crippen LogP contribution is 2.25. The van der Waals surface area contributed by atoms with E-state index in [9.17, 15) is 9.59 Å². The van der Waals surface area contributed by atoms with E-state index in [0.717, 1.165) is 13.6 Å². The largest absolute Gasteiger partial charge is 0.483 e. The second-order valence-electron chi connectivity index (χ2n) is 5.16. The molecule has 0 heterocycles. The summed E-state index contributed by atoms with van der Waals surface area (Å²) in [5, 5.41) is 2.40. The molecule has 0 aliphatic heterocycles. The lowest BCUT2D eigenvalue weighted by Crippen LogP contribution is -2.49. The van der Waals surface area contributed by atoms with E-state index < -0.39 is 5.91 Å². The Bertz CT molecular complexity index is 848. The molecule has 0 unspecified atom stereocenters. The fourth-order valence-corrected chi connectivity index (χ4v) is 3.29. The van der Waals surface area contributed by atoms with Gasteiger partial charge in [0.15, 0.2) is 11.7 Å². The van der Waals surface area contributed by atoms with Crippen molar-refractivity contribution in [3.63, 3.8) is 0 Å². The van der Waals surface area contributed by atoms with Crippen LogP contribution in [0.5, 0.6) is 5.75 Å². The highest BCUT2D eigenvalue weighted by Gasteiger charge is 2.11. The topological polar surface area (TPSA) is 79.5 Å². The Morgan fingerprint density at radius 3 is 2.62 bits per heavy atom. The monoisotopic (exact) mass is 547 g/mol. The first-order chi connectivity index (χ1) is 12.4. The molecular weight excluding hydrogens is 533 g/mol. The second kappa shape index (κ2) is 9.83. The van der Waals surface area contributed by atoms with E-state index >= 15 is 0 Å². The lowest BCUT2D eigenvalue weighted by molar-refractivity contribution is -0.121. The van der Waals surface area contributed by atoms with Gasteiger partial charge in [-0.3, -0.25) is 25.8 Å². The van der Waals surface area contributed by atoms with E-state index in [0.29, 0.717) is 11.3 Å². The van der Waals surface area contributed by atoms with Crippen molar-refractivity contribution >= 4 is 67.7 Å². The molecule has 0 bridgehead atoms. The number of carbonyl (C=O) groups excluding carboxylic acids is 2. The van der Waals surface area contributed by atoms with Crippen LogP contribution < -0.4 is 20.9 Å². The summed E-state index contributed by atoms with van der Waals surface area (Å²) in [5.74, 6) is -0.249. The Hall–Kier alpha value is -1.72. The Labute approximate surface area is 178 Å². The van der Waals surface area contributed by atoms with Gasteiger partial charge in [-0.15, -0.1) is 0 Å². The zero-order valence-electron chi connectivity index (χ0n) is 13.6. The lowest BCUT2D eigenvalue weighted by atomic mass is 10.2. The third-order valence-corrected chi connectivity index (χ3v) is 4.87. The van der Waals surface area contributed by atoms with Crippen LogP contribution in [0, 0.1) is 10.5 Å². The number of aryl methyl sites for hydroxylation is 1. The molecule has 26 heavy (non-hydrogen) atoms. The molecule has 3 N–H and O–H groups in total. The predicted octanol–water partition coefficient (Wildman–Crippen LogP) is 3.08. The number of amides is 2. The van der Waals surface area contributed by atoms with Crippen LogP contribution in [0.3, 0.4) is 0 Å². The van der Waals surface area contributed by atoms with Crippen LogP contribution in [0.25, 0.3) is 0 Å². The van der Waals surface area contributed by atoms with E-state index in [-0.39, 0.29) is 17.6 Å². The first-order valence-corrected chi connectivity index (χ1v) is 9.68. The van der Waals surface area contributed by atoms with E-state index in [1.165, 1.54) is 0 Å². The van der Waals surface area contributed by atoms with Crippen molar-refractivity contribution in [3.8, 4) is 5.75 Å². The number of halogens is 2. The van der Waals surface area contributed by atoms with Crippen molar-refractivity contribution in [1.29, 1.82) is 0 Å². The summed E-state index contributed by atoms with van der Waals surface area (Å²) in [5.41, 5.74) is 6.50. The van der Waals surface area contributed by atoms with Crippen LogP contribution in [0.1, 0.15) is 15.9 Å². The minimum atomic E-state index is -0.446. The van der Waals surface area contributed by atoms with Crippen LogP contribution in [0.2, 0.25) is 0 Å². The standard InChI is InChI=1S/C17H15BrIN3O3S/c1-10-6-7-14(12(18)8-10)25-9-15(23)20-17(26)22-21-16(24)11-4-2-3-5-13(11)19/h2-8H,9H2,1H3,(H,21,24)(H2,20,22,23,26). The van der Waals surface area contributed by atoms with Gasteiger partial charge in [-0.25, -0.2) is 0 Å². The van der Waals surface area contributed by atoms with Gasteiger partial charge < -0.3 is 4.74 Å². The summed E-state index contributed by atoms with van der Waals surface area (Å²) in [7, 11) is 0. The molecule has 0 saturated carbocycles. The summed E-state index contributed by atoms with van der Waals surface area (Å²) in [6, 6.07) is 12.6. The average molecular weight is 548 g/mol. The molecule has 2 rings (SSSR count). The summed E-state index contributed by atoms with van der Waals surface area (Å²) < 4.78 is 6.99. The van der Waals surface area contributed by atoms with Gasteiger partial charge in [0.25, 0.3) is 11.8 Å². The quantitative estimate of drug-likeness (QED) is 0.311. The first-order valence-electron chi connectivity index (χ1n) is 7.40. The molecule has 0 spiro atoms. The molecule has 6 nitrogen and oxygen atoms in total. The first kappa shape index (κ1) is 20.6. The number of carbonyl (C=O) groups is 2. The molecular formula is C17H15BrIN3O3S. The van der Waals surface area contributed by atoms with Crippen molar-refractivity contribution in [3.05, 3.63) is 61.6 Å². The third kappa shape index (κ3) is 6.22. The number of nitrogens with one attached hydrogen (secondary N) is 3. The fraction of sp³-hybridized carbons (Fsp3) is 0.118. The predicted molar refractivity (Wildman–Crippen MR) is 115 cm³/mol. The van der Waals surface area contributed by atoms with Crippen molar-refractivity contribution in [1.82, 2.24) is 16.2 Å².